The number of carbonyl (C=O) groups is 1. The minimum atomic E-state index is -1.11. The highest BCUT2D eigenvalue weighted by Crippen LogP contribution is 2.31. The van der Waals surface area contributed by atoms with Crippen LogP contribution >= 0.6 is 15.9 Å². The maximum absolute atomic E-state index is 13.2. The number of carboxylic acids is 1. The molecule has 2 aromatic rings. The molecule has 1 aromatic heterocycles. The van der Waals surface area contributed by atoms with Crippen LogP contribution in [0.1, 0.15) is 35.9 Å². The summed E-state index contributed by atoms with van der Waals surface area (Å²) in [6.07, 6.45) is 0. The van der Waals surface area contributed by atoms with E-state index in [-0.39, 0.29) is 21.6 Å². The Morgan fingerprint density at radius 1 is 1.47 bits per heavy atom. The van der Waals surface area contributed by atoms with Crippen molar-refractivity contribution in [3.63, 3.8) is 0 Å². The van der Waals surface area contributed by atoms with Crippen LogP contribution in [0.5, 0.6) is 0 Å². The van der Waals surface area contributed by atoms with E-state index in [9.17, 15) is 14.3 Å². The van der Waals surface area contributed by atoms with Gasteiger partial charge in [-0.05, 0) is 34.1 Å². The van der Waals surface area contributed by atoms with Crippen molar-refractivity contribution < 1.29 is 18.8 Å². The fourth-order valence-electron chi connectivity index (χ4n) is 1.74. The van der Waals surface area contributed by atoms with Crippen molar-refractivity contribution in [2.75, 3.05) is 0 Å². The Bertz CT molecular complexity index is 637. The summed E-state index contributed by atoms with van der Waals surface area (Å²) in [4.78, 5) is 11.3. The normalized spacial score (nSPS) is 11.0. The minimum absolute atomic E-state index is 0.0218. The number of nitrogens with zero attached hydrogens (tertiary/aromatic N) is 1. The van der Waals surface area contributed by atoms with Crippen LogP contribution in [0.2, 0.25) is 0 Å². The van der Waals surface area contributed by atoms with Gasteiger partial charge in [-0.3, -0.25) is 0 Å². The number of aromatic nitrogens is 1. The zero-order valence-electron chi connectivity index (χ0n) is 10.3. The van der Waals surface area contributed by atoms with Crippen LogP contribution in [0.15, 0.2) is 27.2 Å². The lowest BCUT2D eigenvalue weighted by Crippen LogP contribution is -2.02. The highest BCUT2D eigenvalue weighted by Gasteiger charge is 2.25. The van der Waals surface area contributed by atoms with Crippen molar-refractivity contribution in [1.82, 2.24) is 5.16 Å². The molecule has 2 rings (SSSR count). The van der Waals surface area contributed by atoms with Crippen molar-refractivity contribution in [3.8, 4) is 11.3 Å². The SMILES string of the molecule is CC(C)c1onc(-c2ccc(F)c(Br)c2)c1C(=O)O. The summed E-state index contributed by atoms with van der Waals surface area (Å²) in [7, 11) is 0. The first kappa shape index (κ1) is 13.7. The number of halogens is 2. The van der Waals surface area contributed by atoms with E-state index in [1.165, 1.54) is 18.2 Å². The summed E-state index contributed by atoms with van der Waals surface area (Å²) in [6, 6.07) is 4.19. The summed E-state index contributed by atoms with van der Waals surface area (Å²) in [6.45, 7) is 3.63. The number of rotatable bonds is 3. The van der Waals surface area contributed by atoms with Crippen LogP contribution in [0, 0.1) is 5.82 Å². The van der Waals surface area contributed by atoms with E-state index < -0.39 is 11.8 Å². The second kappa shape index (κ2) is 5.13. The van der Waals surface area contributed by atoms with Crippen LogP contribution in [0.25, 0.3) is 11.3 Å². The molecule has 1 N–H and O–H groups in total. The van der Waals surface area contributed by atoms with Gasteiger partial charge in [0.1, 0.15) is 17.1 Å². The maximum Gasteiger partial charge on any atom is 0.341 e. The van der Waals surface area contributed by atoms with E-state index in [2.05, 4.69) is 21.1 Å². The number of hydrogen-bond donors (Lipinski definition) is 1. The van der Waals surface area contributed by atoms with Gasteiger partial charge in [0.2, 0.25) is 0 Å². The molecule has 0 atom stereocenters. The molecule has 0 fully saturated rings. The lowest BCUT2D eigenvalue weighted by Gasteiger charge is -2.02. The summed E-state index contributed by atoms with van der Waals surface area (Å²) in [5.41, 5.74) is 0.715. The van der Waals surface area contributed by atoms with E-state index in [4.69, 9.17) is 4.52 Å². The van der Waals surface area contributed by atoms with Crippen LogP contribution in [-0.2, 0) is 0 Å². The molecule has 0 aliphatic carbocycles. The van der Waals surface area contributed by atoms with Gasteiger partial charge < -0.3 is 9.63 Å². The molecule has 0 spiro atoms. The standard InChI is InChI=1S/C13H11BrFNO3/c1-6(2)12-10(13(17)18)11(16-19-12)7-3-4-9(15)8(14)5-7/h3-6H,1-2H3,(H,17,18). The smallest absolute Gasteiger partial charge is 0.341 e. The first-order valence-electron chi connectivity index (χ1n) is 5.60. The molecular weight excluding hydrogens is 317 g/mol. The summed E-state index contributed by atoms with van der Waals surface area (Å²) in [5.74, 6) is -1.33. The van der Waals surface area contributed by atoms with Crippen molar-refractivity contribution in [2.24, 2.45) is 0 Å². The topological polar surface area (TPSA) is 63.3 Å². The van der Waals surface area contributed by atoms with E-state index in [1.807, 2.05) is 13.8 Å². The Balaban J connectivity index is 2.62. The molecule has 0 radical (unpaired) electrons. The van der Waals surface area contributed by atoms with Gasteiger partial charge in [0, 0.05) is 11.5 Å². The number of aromatic carboxylic acids is 1. The highest BCUT2D eigenvalue weighted by molar-refractivity contribution is 9.10. The predicted molar refractivity (Wildman–Crippen MR) is 70.6 cm³/mol. The van der Waals surface area contributed by atoms with Gasteiger partial charge in [0.05, 0.1) is 4.47 Å². The van der Waals surface area contributed by atoms with Crippen molar-refractivity contribution in [2.45, 2.75) is 19.8 Å². The molecule has 0 unspecified atom stereocenters. The molecule has 0 saturated carbocycles. The minimum Gasteiger partial charge on any atom is -0.477 e. The van der Waals surface area contributed by atoms with Crippen LogP contribution in [0.3, 0.4) is 0 Å². The molecule has 0 saturated heterocycles. The second-order valence-electron chi connectivity index (χ2n) is 4.36. The third kappa shape index (κ3) is 2.53. The molecule has 0 aliphatic heterocycles. The van der Waals surface area contributed by atoms with Gasteiger partial charge in [0.25, 0.3) is 0 Å². The molecule has 0 bridgehead atoms. The number of benzene rings is 1. The molecule has 1 heterocycles. The molecule has 0 amide bonds. The van der Waals surface area contributed by atoms with Crippen LogP contribution in [-0.4, -0.2) is 16.2 Å². The third-order valence-electron chi connectivity index (χ3n) is 2.65. The molecule has 100 valence electrons. The molecular formula is C13H11BrFNO3. The quantitative estimate of drug-likeness (QED) is 0.923. The second-order valence-corrected chi connectivity index (χ2v) is 5.21. The monoisotopic (exact) mass is 327 g/mol. The number of hydrogen-bond acceptors (Lipinski definition) is 3. The Kier molecular flexibility index (Phi) is 3.71. The van der Waals surface area contributed by atoms with E-state index in [1.54, 1.807) is 0 Å². The molecule has 1 aromatic carbocycles. The van der Waals surface area contributed by atoms with Gasteiger partial charge >= 0.3 is 5.97 Å². The Morgan fingerprint density at radius 3 is 2.68 bits per heavy atom. The third-order valence-corrected chi connectivity index (χ3v) is 3.26. The average Bonchev–Trinajstić information content (AvgIpc) is 2.77. The fraction of sp³-hybridized carbons (Fsp3) is 0.231. The van der Waals surface area contributed by atoms with Crippen molar-refractivity contribution >= 4 is 21.9 Å². The highest BCUT2D eigenvalue weighted by atomic mass is 79.9. The summed E-state index contributed by atoms with van der Waals surface area (Å²) >= 11 is 3.06. The van der Waals surface area contributed by atoms with E-state index >= 15 is 0 Å². The zero-order chi connectivity index (χ0) is 14.2. The lowest BCUT2D eigenvalue weighted by atomic mass is 10.0. The molecule has 4 nitrogen and oxygen atoms in total. The van der Waals surface area contributed by atoms with Gasteiger partial charge in [-0.15, -0.1) is 0 Å². The van der Waals surface area contributed by atoms with Gasteiger partial charge in [-0.1, -0.05) is 19.0 Å². The van der Waals surface area contributed by atoms with Crippen molar-refractivity contribution in [1.29, 1.82) is 0 Å². The number of carboxylic acid groups (broad SMARTS) is 1. The van der Waals surface area contributed by atoms with Gasteiger partial charge in [0.15, 0.2) is 5.76 Å². The molecule has 0 aliphatic rings. The fourth-order valence-corrected chi connectivity index (χ4v) is 2.12. The average molecular weight is 328 g/mol. The van der Waals surface area contributed by atoms with Gasteiger partial charge in [-0.2, -0.15) is 0 Å². The summed E-state index contributed by atoms with van der Waals surface area (Å²) in [5, 5.41) is 13.1. The predicted octanol–water partition coefficient (Wildman–Crippen LogP) is 4.06. The van der Waals surface area contributed by atoms with Crippen LogP contribution in [0.4, 0.5) is 4.39 Å². The maximum atomic E-state index is 13.2. The Morgan fingerprint density at radius 2 is 2.16 bits per heavy atom. The van der Waals surface area contributed by atoms with Gasteiger partial charge in [-0.25, -0.2) is 9.18 Å². The molecule has 6 heteroatoms. The summed E-state index contributed by atoms with van der Waals surface area (Å²) < 4.78 is 18.5. The van der Waals surface area contributed by atoms with E-state index in [0.717, 1.165) is 0 Å². The Labute approximate surface area is 117 Å². The van der Waals surface area contributed by atoms with Crippen LogP contribution < -0.4 is 0 Å². The first-order chi connectivity index (χ1) is 8.91. The van der Waals surface area contributed by atoms with Crippen molar-refractivity contribution in [3.05, 3.63) is 39.8 Å². The molecule has 19 heavy (non-hydrogen) atoms. The van der Waals surface area contributed by atoms with E-state index in [0.29, 0.717) is 11.3 Å². The largest absolute Gasteiger partial charge is 0.477 e. The lowest BCUT2D eigenvalue weighted by molar-refractivity contribution is 0.0694. The zero-order valence-corrected chi connectivity index (χ0v) is 11.9. The first-order valence-corrected chi connectivity index (χ1v) is 6.39. The Hall–Kier alpha value is -1.69.